The van der Waals surface area contributed by atoms with Crippen molar-refractivity contribution in [3.63, 3.8) is 0 Å². The van der Waals surface area contributed by atoms with E-state index in [0.717, 1.165) is 24.3 Å². The van der Waals surface area contributed by atoms with Gasteiger partial charge in [-0.1, -0.05) is 42.5 Å². The van der Waals surface area contributed by atoms with E-state index in [1.807, 2.05) is 29.1 Å². The quantitative estimate of drug-likeness (QED) is 0.764. The highest BCUT2D eigenvalue weighted by Crippen LogP contribution is 2.17. The van der Waals surface area contributed by atoms with Gasteiger partial charge in [0, 0.05) is 24.0 Å². The lowest BCUT2D eigenvalue weighted by atomic mass is 10.1. The smallest absolute Gasteiger partial charge is 0.0582 e. The van der Waals surface area contributed by atoms with Crippen LogP contribution in [0.5, 0.6) is 0 Å². The van der Waals surface area contributed by atoms with Gasteiger partial charge in [-0.05, 0) is 30.2 Å². The van der Waals surface area contributed by atoms with E-state index in [1.165, 1.54) is 11.1 Å². The van der Waals surface area contributed by atoms with E-state index in [4.69, 9.17) is 0 Å². The van der Waals surface area contributed by atoms with E-state index in [2.05, 4.69) is 59.9 Å². The number of hydrogen-bond donors (Lipinski definition) is 1. The van der Waals surface area contributed by atoms with Crippen LogP contribution in [0.2, 0.25) is 0 Å². The van der Waals surface area contributed by atoms with Gasteiger partial charge in [-0.15, -0.1) is 0 Å². The third kappa shape index (κ3) is 3.51. The number of nitrogens with one attached hydrogen (secondary N) is 1. The minimum Gasteiger partial charge on any atom is -0.383 e. The second-order valence-electron chi connectivity index (χ2n) is 5.15. The van der Waals surface area contributed by atoms with Gasteiger partial charge in [-0.2, -0.15) is 5.10 Å². The maximum absolute atomic E-state index is 4.42. The Morgan fingerprint density at radius 3 is 2.67 bits per heavy atom. The van der Waals surface area contributed by atoms with Crippen molar-refractivity contribution in [3.05, 3.63) is 72.6 Å². The summed E-state index contributed by atoms with van der Waals surface area (Å²) in [4.78, 5) is 0. The Hall–Kier alpha value is -2.55. The van der Waals surface area contributed by atoms with Crippen molar-refractivity contribution in [1.29, 1.82) is 0 Å². The molecule has 0 amide bonds. The van der Waals surface area contributed by atoms with Crippen LogP contribution in [0.15, 0.2) is 67.0 Å². The molecule has 0 aliphatic heterocycles. The van der Waals surface area contributed by atoms with Gasteiger partial charge in [-0.25, -0.2) is 0 Å². The SMILES string of the molecule is Cc1cccc(NCCn2cc(-c3ccccc3)cn2)c1. The fourth-order valence-corrected chi connectivity index (χ4v) is 2.34. The van der Waals surface area contributed by atoms with Crippen molar-refractivity contribution in [2.75, 3.05) is 11.9 Å². The van der Waals surface area contributed by atoms with Crippen molar-refractivity contribution in [2.24, 2.45) is 0 Å². The Morgan fingerprint density at radius 2 is 1.86 bits per heavy atom. The van der Waals surface area contributed by atoms with Gasteiger partial charge in [0.25, 0.3) is 0 Å². The molecular weight excluding hydrogens is 258 g/mol. The van der Waals surface area contributed by atoms with Gasteiger partial charge < -0.3 is 5.32 Å². The van der Waals surface area contributed by atoms with Crippen molar-refractivity contribution in [1.82, 2.24) is 9.78 Å². The van der Waals surface area contributed by atoms with Gasteiger partial charge in [0.05, 0.1) is 12.7 Å². The van der Waals surface area contributed by atoms with Crippen molar-refractivity contribution in [2.45, 2.75) is 13.5 Å². The maximum Gasteiger partial charge on any atom is 0.0582 e. The molecule has 3 aromatic rings. The van der Waals surface area contributed by atoms with Crippen LogP contribution in [0, 0.1) is 6.92 Å². The molecule has 0 spiro atoms. The third-order valence-electron chi connectivity index (χ3n) is 3.43. The molecule has 0 saturated heterocycles. The minimum atomic E-state index is 0.848. The Bertz CT molecular complexity index is 701. The predicted molar refractivity (Wildman–Crippen MR) is 87.3 cm³/mol. The molecule has 3 rings (SSSR count). The molecule has 0 aliphatic rings. The first-order chi connectivity index (χ1) is 10.3. The topological polar surface area (TPSA) is 29.9 Å². The first kappa shape index (κ1) is 13.4. The highest BCUT2D eigenvalue weighted by atomic mass is 15.3. The Balaban J connectivity index is 1.58. The summed E-state index contributed by atoms with van der Waals surface area (Å²) < 4.78 is 1.98. The van der Waals surface area contributed by atoms with Crippen molar-refractivity contribution >= 4 is 5.69 Å². The minimum absolute atomic E-state index is 0.848. The zero-order valence-electron chi connectivity index (χ0n) is 12.2. The molecule has 106 valence electrons. The fourth-order valence-electron chi connectivity index (χ4n) is 2.34. The second kappa shape index (κ2) is 6.27. The summed E-state index contributed by atoms with van der Waals surface area (Å²) >= 11 is 0. The highest BCUT2D eigenvalue weighted by Gasteiger charge is 2.01. The van der Waals surface area contributed by atoms with Gasteiger partial charge in [-0.3, -0.25) is 4.68 Å². The molecule has 1 N–H and O–H groups in total. The number of hydrogen-bond acceptors (Lipinski definition) is 2. The summed E-state index contributed by atoms with van der Waals surface area (Å²) in [6.45, 7) is 3.81. The molecule has 0 aliphatic carbocycles. The molecule has 0 radical (unpaired) electrons. The van der Waals surface area contributed by atoms with E-state index < -0.39 is 0 Å². The number of nitrogens with zero attached hydrogens (tertiary/aromatic N) is 2. The fraction of sp³-hybridized carbons (Fsp3) is 0.167. The van der Waals surface area contributed by atoms with Crippen LogP contribution in [0.4, 0.5) is 5.69 Å². The first-order valence-electron chi connectivity index (χ1n) is 7.20. The zero-order valence-corrected chi connectivity index (χ0v) is 12.2. The molecule has 0 fully saturated rings. The number of anilines is 1. The molecular formula is C18H19N3. The van der Waals surface area contributed by atoms with Crippen molar-refractivity contribution < 1.29 is 0 Å². The van der Waals surface area contributed by atoms with E-state index in [9.17, 15) is 0 Å². The molecule has 21 heavy (non-hydrogen) atoms. The number of aromatic nitrogens is 2. The van der Waals surface area contributed by atoms with Crippen LogP contribution >= 0.6 is 0 Å². The summed E-state index contributed by atoms with van der Waals surface area (Å²) in [5.41, 5.74) is 4.79. The van der Waals surface area contributed by atoms with Gasteiger partial charge in [0.15, 0.2) is 0 Å². The molecule has 1 aromatic heterocycles. The second-order valence-corrected chi connectivity index (χ2v) is 5.15. The van der Waals surface area contributed by atoms with Gasteiger partial charge >= 0.3 is 0 Å². The van der Waals surface area contributed by atoms with Crippen LogP contribution in [-0.4, -0.2) is 16.3 Å². The average Bonchev–Trinajstić information content (AvgIpc) is 2.97. The Morgan fingerprint density at radius 1 is 1.00 bits per heavy atom. The lowest BCUT2D eigenvalue weighted by Gasteiger charge is -2.07. The van der Waals surface area contributed by atoms with Gasteiger partial charge in [0.1, 0.15) is 0 Å². The monoisotopic (exact) mass is 277 g/mol. The summed E-state index contributed by atoms with van der Waals surface area (Å²) in [7, 11) is 0. The molecule has 1 heterocycles. The lowest BCUT2D eigenvalue weighted by Crippen LogP contribution is -2.10. The first-order valence-corrected chi connectivity index (χ1v) is 7.20. The normalized spacial score (nSPS) is 10.5. The van der Waals surface area contributed by atoms with E-state index >= 15 is 0 Å². The third-order valence-corrected chi connectivity index (χ3v) is 3.43. The Kier molecular flexibility index (Phi) is 4.01. The van der Waals surface area contributed by atoms with E-state index in [0.29, 0.717) is 0 Å². The standard InChI is InChI=1S/C18H19N3/c1-15-6-5-9-18(12-15)19-10-11-21-14-17(13-20-21)16-7-3-2-4-8-16/h2-9,12-14,19H,10-11H2,1H3. The largest absolute Gasteiger partial charge is 0.383 e. The summed E-state index contributed by atoms with van der Waals surface area (Å²) in [6, 6.07) is 18.7. The van der Waals surface area contributed by atoms with E-state index in [-0.39, 0.29) is 0 Å². The van der Waals surface area contributed by atoms with E-state index in [1.54, 1.807) is 0 Å². The Labute approximate surface area is 125 Å². The van der Waals surface area contributed by atoms with Crippen LogP contribution in [0.1, 0.15) is 5.56 Å². The zero-order chi connectivity index (χ0) is 14.5. The number of benzene rings is 2. The summed E-state index contributed by atoms with van der Waals surface area (Å²) in [5, 5.41) is 7.84. The molecule has 0 atom stereocenters. The summed E-state index contributed by atoms with van der Waals surface area (Å²) in [6.07, 6.45) is 4.01. The molecule has 0 bridgehead atoms. The molecule has 0 unspecified atom stereocenters. The molecule has 3 nitrogen and oxygen atoms in total. The maximum atomic E-state index is 4.42. The average molecular weight is 277 g/mol. The highest BCUT2D eigenvalue weighted by molar-refractivity contribution is 5.61. The lowest BCUT2D eigenvalue weighted by molar-refractivity contribution is 0.638. The molecule has 2 aromatic carbocycles. The predicted octanol–water partition coefficient (Wildman–Crippen LogP) is 3.97. The molecule has 0 saturated carbocycles. The van der Waals surface area contributed by atoms with Crippen LogP contribution in [0.25, 0.3) is 11.1 Å². The van der Waals surface area contributed by atoms with Crippen LogP contribution in [-0.2, 0) is 6.54 Å². The molecule has 3 heteroatoms. The van der Waals surface area contributed by atoms with Crippen LogP contribution < -0.4 is 5.32 Å². The number of aryl methyl sites for hydroxylation is 1. The summed E-state index contributed by atoms with van der Waals surface area (Å²) in [5.74, 6) is 0. The van der Waals surface area contributed by atoms with Crippen molar-refractivity contribution in [3.8, 4) is 11.1 Å². The van der Waals surface area contributed by atoms with Gasteiger partial charge in [0.2, 0.25) is 0 Å². The number of rotatable bonds is 5. The van der Waals surface area contributed by atoms with Crippen LogP contribution in [0.3, 0.4) is 0 Å².